The first-order chi connectivity index (χ1) is 13.6. The van der Waals surface area contributed by atoms with Crippen molar-refractivity contribution in [1.29, 1.82) is 0 Å². The molecule has 0 amide bonds. The third-order valence-electron chi connectivity index (χ3n) is 5.17. The van der Waals surface area contributed by atoms with Crippen molar-refractivity contribution in [3.05, 3.63) is 41.5 Å². The number of nitrogens with one attached hydrogen (secondary N) is 2. The number of fused-ring (bicyclic) bond motifs is 1. The van der Waals surface area contributed by atoms with Crippen LogP contribution in [0.2, 0.25) is 0 Å². The van der Waals surface area contributed by atoms with Crippen molar-refractivity contribution in [1.82, 2.24) is 30.6 Å². The maximum Gasteiger partial charge on any atom is 0.244 e. The minimum Gasteiger partial charge on any atom is -0.496 e. The molecule has 8 nitrogen and oxygen atoms in total. The number of hydrogen-bond acceptors (Lipinski definition) is 7. The number of H-pyrrole nitrogens is 1. The van der Waals surface area contributed by atoms with Crippen LogP contribution < -0.4 is 10.1 Å². The van der Waals surface area contributed by atoms with E-state index in [1.54, 1.807) is 7.11 Å². The van der Waals surface area contributed by atoms with Gasteiger partial charge >= 0.3 is 0 Å². The van der Waals surface area contributed by atoms with E-state index < -0.39 is 0 Å². The molecule has 4 rings (SSSR count). The summed E-state index contributed by atoms with van der Waals surface area (Å²) >= 11 is 0. The predicted octanol–water partition coefficient (Wildman–Crippen LogP) is 3.10. The van der Waals surface area contributed by atoms with Crippen molar-refractivity contribution in [2.45, 2.75) is 51.6 Å². The van der Waals surface area contributed by atoms with E-state index >= 15 is 0 Å². The van der Waals surface area contributed by atoms with Crippen molar-refractivity contribution < 1.29 is 9.26 Å². The number of aromatic nitrogens is 5. The lowest BCUT2D eigenvalue weighted by Crippen LogP contribution is -2.38. The highest BCUT2D eigenvalue weighted by Crippen LogP contribution is 2.31. The first-order valence-electron chi connectivity index (χ1n) is 9.74. The van der Waals surface area contributed by atoms with Crippen LogP contribution >= 0.6 is 0 Å². The standard InChI is InChI=1S/C20H26N6O2/c1-12(2)9-16(20-24-19(26-28-20)18-21-11-22-25-18)23-14-7-8-15-13(10-14)5-4-6-17(15)27-3/h4-6,11-12,14,16,23H,7-10H2,1-3H3,(H,21,22,25). The Morgan fingerprint density at radius 2 is 2.25 bits per heavy atom. The molecule has 1 aromatic carbocycles. The van der Waals surface area contributed by atoms with Gasteiger partial charge in [0.2, 0.25) is 11.7 Å². The fourth-order valence-electron chi connectivity index (χ4n) is 3.89. The molecule has 0 radical (unpaired) electrons. The molecular weight excluding hydrogens is 356 g/mol. The molecule has 0 aliphatic heterocycles. The van der Waals surface area contributed by atoms with Crippen LogP contribution in [0.25, 0.3) is 11.6 Å². The van der Waals surface area contributed by atoms with Crippen LogP contribution in [0.1, 0.15) is 49.7 Å². The van der Waals surface area contributed by atoms with Crippen molar-refractivity contribution in [3.63, 3.8) is 0 Å². The first-order valence-corrected chi connectivity index (χ1v) is 9.74. The highest BCUT2D eigenvalue weighted by molar-refractivity contribution is 5.42. The van der Waals surface area contributed by atoms with E-state index in [4.69, 9.17) is 9.26 Å². The number of hydrogen-bond donors (Lipinski definition) is 2. The smallest absolute Gasteiger partial charge is 0.244 e. The van der Waals surface area contributed by atoms with Crippen LogP contribution in [0, 0.1) is 5.92 Å². The lowest BCUT2D eigenvalue weighted by molar-refractivity contribution is 0.276. The van der Waals surface area contributed by atoms with E-state index in [1.807, 2.05) is 6.07 Å². The number of ether oxygens (including phenoxy) is 1. The fourth-order valence-corrected chi connectivity index (χ4v) is 3.89. The van der Waals surface area contributed by atoms with Gasteiger partial charge in [-0.2, -0.15) is 10.1 Å². The Kier molecular flexibility index (Phi) is 5.38. The normalized spacial score (nSPS) is 17.5. The van der Waals surface area contributed by atoms with Gasteiger partial charge in [-0.15, -0.1) is 0 Å². The maximum absolute atomic E-state index is 5.57. The lowest BCUT2D eigenvalue weighted by Gasteiger charge is -2.30. The number of methoxy groups -OCH3 is 1. The van der Waals surface area contributed by atoms with E-state index in [0.29, 0.717) is 29.5 Å². The summed E-state index contributed by atoms with van der Waals surface area (Å²) in [7, 11) is 1.74. The molecule has 0 bridgehead atoms. The van der Waals surface area contributed by atoms with Gasteiger partial charge in [0.1, 0.15) is 12.1 Å². The van der Waals surface area contributed by atoms with Gasteiger partial charge in [0, 0.05) is 6.04 Å². The third kappa shape index (κ3) is 3.91. The van der Waals surface area contributed by atoms with Gasteiger partial charge in [-0.3, -0.25) is 5.10 Å². The average molecular weight is 382 g/mol. The second-order valence-electron chi connectivity index (χ2n) is 7.68. The van der Waals surface area contributed by atoms with Crippen molar-refractivity contribution in [2.24, 2.45) is 5.92 Å². The van der Waals surface area contributed by atoms with Crippen molar-refractivity contribution in [2.75, 3.05) is 7.11 Å². The Bertz CT molecular complexity index is 905. The third-order valence-corrected chi connectivity index (χ3v) is 5.17. The summed E-state index contributed by atoms with van der Waals surface area (Å²) in [6, 6.07) is 6.65. The summed E-state index contributed by atoms with van der Waals surface area (Å²) in [5.41, 5.74) is 2.67. The van der Waals surface area contributed by atoms with Crippen LogP contribution in [0.15, 0.2) is 29.0 Å². The highest BCUT2D eigenvalue weighted by atomic mass is 16.5. The quantitative estimate of drug-likeness (QED) is 0.647. The van der Waals surface area contributed by atoms with Crippen LogP contribution in [-0.2, 0) is 12.8 Å². The summed E-state index contributed by atoms with van der Waals surface area (Å²) in [5, 5.41) is 14.4. The molecule has 0 saturated carbocycles. The molecule has 3 aromatic rings. The second kappa shape index (κ2) is 8.10. The van der Waals surface area contributed by atoms with Crippen molar-refractivity contribution in [3.8, 4) is 17.4 Å². The topological polar surface area (TPSA) is 102 Å². The van der Waals surface area contributed by atoms with Crippen molar-refractivity contribution >= 4 is 0 Å². The molecule has 0 saturated heterocycles. The van der Waals surface area contributed by atoms with E-state index in [9.17, 15) is 0 Å². The zero-order chi connectivity index (χ0) is 19.5. The summed E-state index contributed by atoms with van der Waals surface area (Å²) in [4.78, 5) is 8.64. The van der Waals surface area contributed by atoms with Crippen LogP contribution in [0.5, 0.6) is 5.75 Å². The Morgan fingerprint density at radius 1 is 1.36 bits per heavy atom. The molecular formula is C20H26N6O2. The van der Waals surface area contributed by atoms with Gasteiger partial charge in [-0.05, 0) is 48.8 Å². The molecule has 2 unspecified atom stereocenters. The van der Waals surface area contributed by atoms with E-state index in [-0.39, 0.29) is 6.04 Å². The lowest BCUT2D eigenvalue weighted by atomic mass is 9.87. The minimum atomic E-state index is 0.00123. The average Bonchev–Trinajstić information content (AvgIpc) is 3.38. The van der Waals surface area contributed by atoms with Gasteiger partial charge in [-0.25, -0.2) is 4.98 Å². The largest absolute Gasteiger partial charge is 0.496 e. The van der Waals surface area contributed by atoms with E-state index in [2.05, 4.69) is 56.6 Å². The summed E-state index contributed by atoms with van der Waals surface area (Å²) in [5.74, 6) is 3.02. The molecule has 1 aliphatic rings. The minimum absolute atomic E-state index is 0.00123. The van der Waals surface area contributed by atoms with Crippen LogP contribution in [-0.4, -0.2) is 38.5 Å². The highest BCUT2D eigenvalue weighted by Gasteiger charge is 2.27. The van der Waals surface area contributed by atoms with E-state index in [1.165, 1.54) is 17.5 Å². The number of rotatable bonds is 7. The molecule has 2 atom stereocenters. The Labute approximate surface area is 164 Å². The molecule has 148 valence electrons. The van der Waals surface area contributed by atoms with Gasteiger partial charge in [-0.1, -0.05) is 31.1 Å². The molecule has 2 aromatic heterocycles. The second-order valence-corrected chi connectivity index (χ2v) is 7.68. The van der Waals surface area contributed by atoms with Gasteiger partial charge in [0.05, 0.1) is 13.2 Å². The maximum atomic E-state index is 5.57. The number of aromatic amines is 1. The Morgan fingerprint density at radius 3 is 3.00 bits per heavy atom. The van der Waals surface area contributed by atoms with E-state index in [0.717, 1.165) is 31.4 Å². The molecule has 2 N–H and O–H groups in total. The molecule has 2 heterocycles. The Hall–Kier alpha value is -2.74. The van der Waals surface area contributed by atoms with Crippen LogP contribution in [0.3, 0.4) is 0 Å². The number of benzene rings is 1. The molecule has 28 heavy (non-hydrogen) atoms. The fraction of sp³-hybridized carbons (Fsp3) is 0.500. The first kappa shape index (κ1) is 18.6. The predicted molar refractivity (Wildman–Crippen MR) is 104 cm³/mol. The molecule has 8 heteroatoms. The molecule has 0 fully saturated rings. The van der Waals surface area contributed by atoms with Gasteiger partial charge < -0.3 is 14.6 Å². The zero-order valence-electron chi connectivity index (χ0n) is 16.5. The van der Waals surface area contributed by atoms with Gasteiger partial charge in [0.25, 0.3) is 0 Å². The monoisotopic (exact) mass is 382 g/mol. The van der Waals surface area contributed by atoms with Crippen LogP contribution in [0.4, 0.5) is 0 Å². The Balaban J connectivity index is 1.51. The summed E-state index contributed by atoms with van der Waals surface area (Å²) < 4.78 is 11.1. The van der Waals surface area contributed by atoms with Gasteiger partial charge in [0.15, 0.2) is 5.82 Å². The molecule has 0 spiro atoms. The molecule has 1 aliphatic carbocycles. The summed E-state index contributed by atoms with van der Waals surface area (Å²) in [6.07, 6.45) is 5.36. The zero-order valence-corrected chi connectivity index (χ0v) is 16.5. The SMILES string of the molecule is COc1cccc2c1CCC(NC(CC(C)C)c1nc(-c3ncn[nH]3)no1)C2. The summed E-state index contributed by atoms with van der Waals surface area (Å²) in [6.45, 7) is 4.40. The number of nitrogens with zero attached hydrogens (tertiary/aromatic N) is 4.